The minimum absolute atomic E-state index is 0.0955. The van der Waals surface area contributed by atoms with E-state index in [2.05, 4.69) is 27.4 Å². The lowest BCUT2D eigenvalue weighted by atomic mass is 9.52. The second-order valence-corrected chi connectivity index (χ2v) is 10.5. The summed E-state index contributed by atoms with van der Waals surface area (Å²) in [7, 11) is 0. The number of hydrogen-bond acceptors (Lipinski definition) is 6. The zero-order valence-corrected chi connectivity index (χ0v) is 18.8. The molecule has 1 aliphatic heterocycles. The molecule has 3 aliphatic carbocycles. The van der Waals surface area contributed by atoms with Crippen LogP contribution in [-0.2, 0) is 15.0 Å². The van der Waals surface area contributed by atoms with Crippen LogP contribution in [0.4, 0.5) is 0 Å². The van der Waals surface area contributed by atoms with Crippen molar-refractivity contribution in [1.82, 2.24) is 15.2 Å². The number of carbonyl (C=O) groups excluding carboxylic acids is 2. The van der Waals surface area contributed by atoms with Gasteiger partial charge in [-0.15, -0.1) is 0 Å². The number of allylic oxidation sites excluding steroid dienone is 2. The molecule has 1 spiro atoms. The minimum Gasteiger partial charge on any atom is -0.369 e. The van der Waals surface area contributed by atoms with Crippen LogP contribution in [0.1, 0.15) is 50.5 Å². The van der Waals surface area contributed by atoms with Gasteiger partial charge in [0.1, 0.15) is 11.0 Å². The summed E-state index contributed by atoms with van der Waals surface area (Å²) in [6.45, 7) is 3.30. The largest absolute Gasteiger partial charge is 0.369 e. The molecule has 0 radical (unpaired) electrons. The number of nitrogens with two attached hydrogens (primary N) is 2. The number of amides is 2. The second-order valence-electron chi connectivity index (χ2n) is 10.5. The predicted molar refractivity (Wildman–Crippen MR) is 122 cm³/mol. The Hall–Kier alpha value is -2.74. The van der Waals surface area contributed by atoms with E-state index in [1.807, 2.05) is 12.1 Å². The van der Waals surface area contributed by atoms with Gasteiger partial charge in [0.15, 0.2) is 0 Å². The maximum atomic E-state index is 13.7. The smallest absolute Gasteiger partial charge is 0.229 e. The Bertz CT molecular complexity index is 1150. The molecular weight excluding hydrogens is 418 g/mol. The molecule has 2 bridgehead atoms. The fourth-order valence-electron chi connectivity index (χ4n) is 7.93. The first-order valence-electron chi connectivity index (χ1n) is 12.2. The summed E-state index contributed by atoms with van der Waals surface area (Å²) in [6.07, 6.45) is 11.0. The third kappa shape index (κ3) is 2.50. The van der Waals surface area contributed by atoms with Crippen LogP contribution >= 0.6 is 0 Å². The zero-order valence-electron chi connectivity index (χ0n) is 18.8. The van der Waals surface area contributed by atoms with E-state index in [0.717, 1.165) is 45.3 Å². The van der Waals surface area contributed by atoms with Gasteiger partial charge in [-0.2, -0.15) is 0 Å². The van der Waals surface area contributed by atoms with Gasteiger partial charge in [0.05, 0.1) is 10.8 Å². The monoisotopic (exact) mass is 449 g/mol. The van der Waals surface area contributed by atoms with Crippen molar-refractivity contribution in [2.24, 2.45) is 34.1 Å². The van der Waals surface area contributed by atoms with Gasteiger partial charge in [-0.25, -0.2) is 4.63 Å². The molecule has 4 N–H and O–H groups in total. The number of likely N-dealkylation sites (tertiary alicyclic amines) is 1. The van der Waals surface area contributed by atoms with Gasteiger partial charge >= 0.3 is 0 Å². The molecule has 3 fully saturated rings. The van der Waals surface area contributed by atoms with Gasteiger partial charge in [-0.1, -0.05) is 30.7 Å². The topological polar surface area (TPSA) is 128 Å². The Morgan fingerprint density at radius 2 is 1.79 bits per heavy atom. The molecule has 174 valence electrons. The third-order valence-electron chi connectivity index (χ3n) is 9.30. The third-order valence-corrected chi connectivity index (χ3v) is 9.30. The predicted octanol–water partition coefficient (Wildman–Crippen LogP) is 2.28. The Morgan fingerprint density at radius 3 is 2.48 bits per heavy atom. The second kappa shape index (κ2) is 7.13. The Kier molecular flexibility index (Phi) is 4.50. The van der Waals surface area contributed by atoms with Crippen molar-refractivity contribution in [2.45, 2.75) is 50.4 Å². The van der Waals surface area contributed by atoms with Gasteiger partial charge in [0.2, 0.25) is 11.8 Å². The van der Waals surface area contributed by atoms with Crippen molar-refractivity contribution in [3.05, 3.63) is 35.9 Å². The average molecular weight is 450 g/mol. The summed E-state index contributed by atoms with van der Waals surface area (Å²) < 4.78 is 5.03. The number of fused-ring (bicyclic) bond motifs is 1. The first-order chi connectivity index (χ1) is 16.0. The minimum atomic E-state index is -1.26. The Morgan fingerprint density at radius 1 is 1.03 bits per heavy atom. The number of benzene rings is 1. The molecule has 2 saturated carbocycles. The standard InChI is InChI=1S/C25H31N5O3/c26-21(31)24(10-1-2-13-30-14-3-4-15-30)18-8-9-19(23(18)11-12-23)25(24,22(27)32)16-6-5-7-17-20(16)29-33-28-17/h5-9,18-19H,1-4,10-15H2,(H2,26,31)(H2,27,32)/t18-,19+,24+,25-/m1/s1. The van der Waals surface area contributed by atoms with E-state index in [1.54, 1.807) is 6.07 Å². The maximum Gasteiger partial charge on any atom is 0.229 e. The van der Waals surface area contributed by atoms with Crippen molar-refractivity contribution in [2.75, 3.05) is 19.6 Å². The van der Waals surface area contributed by atoms with Gasteiger partial charge in [-0.05, 0) is 85.9 Å². The van der Waals surface area contributed by atoms with Gasteiger partial charge < -0.3 is 16.4 Å². The van der Waals surface area contributed by atoms with Crippen LogP contribution in [-0.4, -0.2) is 46.7 Å². The number of nitrogens with zero attached hydrogens (tertiary/aromatic N) is 3. The molecule has 2 heterocycles. The molecule has 4 aliphatic rings. The first-order valence-corrected chi connectivity index (χ1v) is 12.2. The summed E-state index contributed by atoms with van der Waals surface area (Å²) in [5.74, 6) is -1.21. The van der Waals surface area contributed by atoms with Gasteiger partial charge in [0, 0.05) is 11.5 Å². The molecule has 1 saturated heterocycles. The van der Waals surface area contributed by atoms with E-state index in [-0.39, 0.29) is 17.3 Å². The maximum absolute atomic E-state index is 13.7. The van der Waals surface area contributed by atoms with Gasteiger partial charge in [-0.3, -0.25) is 9.59 Å². The summed E-state index contributed by atoms with van der Waals surface area (Å²) >= 11 is 0. The highest BCUT2D eigenvalue weighted by Crippen LogP contribution is 2.81. The lowest BCUT2D eigenvalue weighted by Gasteiger charge is -2.48. The number of rotatable bonds is 8. The number of unbranched alkanes of at least 4 members (excludes halogenated alkanes) is 1. The van der Waals surface area contributed by atoms with Crippen molar-refractivity contribution >= 4 is 22.8 Å². The van der Waals surface area contributed by atoms with E-state index < -0.39 is 22.6 Å². The van der Waals surface area contributed by atoms with Crippen LogP contribution in [0.5, 0.6) is 0 Å². The van der Waals surface area contributed by atoms with Crippen molar-refractivity contribution in [3.63, 3.8) is 0 Å². The van der Waals surface area contributed by atoms with E-state index in [9.17, 15) is 9.59 Å². The van der Waals surface area contributed by atoms with Crippen molar-refractivity contribution in [3.8, 4) is 0 Å². The molecule has 1 aromatic carbocycles. The summed E-state index contributed by atoms with van der Waals surface area (Å²) in [5.41, 5.74) is 11.8. The first kappa shape index (κ1) is 20.8. The summed E-state index contributed by atoms with van der Waals surface area (Å²) in [6, 6.07) is 5.49. The molecule has 6 rings (SSSR count). The molecule has 2 amide bonds. The number of carbonyl (C=O) groups is 2. The van der Waals surface area contributed by atoms with Crippen molar-refractivity contribution in [1.29, 1.82) is 0 Å². The highest BCUT2D eigenvalue weighted by Gasteiger charge is 2.82. The lowest BCUT2D eigenvalue weighted by Crippen LogP contribution is -2.62. The van der Waals surface area contributed by atoms with Crippen molar-refractivity contribution < 1.29 is 14.2 Å². The lowest BCUT2D eigenvalue weighted by molar-refractivity contribution is -0.143. The average Bonchev–Trinajstić information content (AvgIpc) is 3.16. The van der Waals surface area contributed by atoms with Crippen LogP contribution in [0.25, 0.3) is 11.0 Å². The number of aromatic nitrogens is 2. The van der Waals surface area contributed by atoms with E-state index in [4.69, 9.17) is 16.1 Å². The van der Waals surface area contributed by atoms with Crippen LogP contribution < -0.4 is 11.5 Å². The van der Waals surface area contributed by atoms with E-state index >= 15 is 0 Å². The van der Waals surface area contributed by atoms with Crippen LogP contribution in [0, 0.1) is 22.7 Å². The van der Waals surface area contributed by atoms with Gasteiger partial charge in [0.25, 0.3) is 0 Å². The molecule has 33 heavy (non-hydrogen) atoms. The molecule has 4 atom stereocenters. The molecule has 0 unspecified atom stereocenters. The fraction of sp³-hybridized carbons (Fsp3) is 0.600. The molecule has 8 heteroatoms. The summed E-state index contributed by atoms with van der Waals surface area (Å²) in [4.78, 5) is 29.7. The van der Waals surface area contributed by atoms with E-state index in [0.29, 0.717) is 23.0 Å². The molecule has 8 nitrogen and oxygen atoms in total. The molecular formula is C25H31N5O3. The Balaban J connectivity index is 1.48. The molecule has 1 aromatic heterocycles. The number of hydrogen-bond donors (Lipinski definition) is 2. The normalized spacial score (nSPS) is 33.9. The SMILES string of the molecule is NC(=O)[C@]1(CCCCN2CCCC2)[C@@H]2C=C[C@@H](C23CC3)[C@@]1(C(N)=O)c1cccc2nonc12. The quantitative estimate of drug-likeness (QED) is 0.470. The van der Waals surface area contributed by atoms with Crippen LogP contribution in [0.15, 0.2) is 35.0 Å². The number of primary amides is 2. The molecule has 2 aromatic rings. The fourth-order valence-corrected chi connectivity index (χ4v) is 7.93. The highest BCUT2D eigenvalue weighted by molar-refractivity contribution is 6.02. The van der Waals surface area contributed by atoms with Crippen LogP contribution in [0.3, 0.4) is 0 Å². The van der Waals surface area contributed by atoms with E-state index in [1.165, 1.54) is 12.8 Å². The summed E-state index contributed by atoms with van der Waals surface area (Å²) in [5, 5.41) is 8.13. The highest BCUT2D eigenvalue weighted by atomic mass is 16.6. The zero-order chi connectivity index (χ0) is 22.8. The Labute approximate surface area is 192 Å². The van der Waals surface area contributed by atoms with Crippen LogP contribution in [0.2, 0.25) is 0 Å².